The Morgan fingerprint density at radius 3 is 2.44 bits per heavy atom. The van der Waals surface area contributed by atoms with E-state index >= 15 is 0 Å². The molecule has 0 saturated carbocycles. The molecular formula is C25H28ClFN6O2S. The molecule has 1 aliphatic heterocycles. The van der Waals surface area contributed by atoms with Crippen LogP contribution in [0.1, 0.15) is 22.3 Å². The van der Waals surface area contributed by atoms with Gasteiger partial charge in [-0.25, -0.2) is 9.07 Å². The molecule has 36 heavy (non-hydrogen) atoms. The van der Waals surface area contributed by atoms with E-state index in [0.717, 1.165) is 24.5 Å². The lowest BCUT2D eigenvalue weighted by atomic mass is 10.0. The zero-order valence-corrected chi connectivity index (χ0v) is 21.7. The van der Waals surface area contributed by atoms with Crippen LogP contribution in [0.2, 0.25) is 0 Å². The van der Waals surface area contributed by atoms with Crippen LogP contribution in [0.15, 0.2) is 60.0 Å². The van der Waals surface area contributed by atoms with Crippen LogP contribution in [0.25, 0.3) is 0 Å². The Morgan fingerprint density at radius 1 is 0.972 bits per heavy atom. The number of piperazine rings is 1. The number of benzene rings is 2. The summed E-state index contributed by atoms with van der Waals surface area (Å²) < 4.78 is 27.3. The molecule has 0 radical (unpaired) electrons. The average molecular weight is 531 g/mol. The maximum atomic E-state index is 14.4. The largest absolute Gasteiger partial charge is 0.493 e. The lowest BCUT2D eigenvalue weighted by molar-refractivity contribution is 0.200. The summed E-state index contributed by atoms with van der Waals surface area (Å²) in [6, 6.07) is 16.7. The Kier molecular flexibility index (Phi) is 8.40. The van der Waals surface area contributed by atoms with E-state index in [4.69, 9.17) is 9.47 Å². The van der Waals surface area contributed by atoms with Gasteiger partial charge < -0.3 is 14.4 Å². The van der Waals surface area contributed by atoms with Crippen molar-refractivity contribution < 1.29 is 13.9 Å². The lowest BCUT2D eigenvalue weighted by Gasteiger charge is -2.40. The lowest BCUT2D eigenvalue weighted by Crippen LogP contribution is -2.48. The highest BCUT2D eigenvalue weighted by Gasteiger charge is 2.32. The van der Waals surface area contributed by atoms with Crippen molar-refractivity contribution in [1.82, 2.24) is 25.1 Å². The number of para-hydroxylation sites is 1. The van der Waals surface area contributed by atoms with Gasteiger partial charge in [-0.3, -0.25) is 4.90 Å². The zero-order valence-electron chi connectivity index (χ0n) is 20.1. The molecule has 0 aliphatic carbocycles. The van der Waals surface area contributed by atoms with E-state index in [-0.39, 0.29) is 24.3 Å². The molecule has 5 rings (SSSR count). The molecule has 0 bridgehead atoms. The van der Waals surface area contributed by atoms with Gasteiger partial charge in [0.2, 0.25) is 0 Å². The number of tetrazole rings is 1. The van der Waals surface area contributed by atoms with E-state index in [1.165, 1.54) is 10.9 Å². The first-order chi connectivity index (χ1) is 17.2. The minimum Gasteiger partial charge on any atom is -0.493 e. The SMILES string of the molecule is COc1ccc(C(c2nnnn2Cc2cccs2)N2CCN(c3ccccc3F)CC2)cc1OC.Cl. The Balaban J connectivity index is 0.00000304. The number of anilines is 1. The molecule has 1 atom stereocenters. The number of ether oxygens (including phenoxy) is 2. The molecule has 2 aromatic heterocycles. The van der Waals surface area contributed by atoms with E-state index in [1.807, 2.05) is 46.5 Å². The summed E-state index contributed by atoms with van der Waals surface area (Å²) in [5.74, 6) is 1.87. The van der Waals surface area contributed by atoms with Crippen LogP contribution in [0.4, 0.5) is 10.1 Å². The third kappa shape index (κ3) is 5.30. The summed E-state index contributed by atoms with van der Waals surface area (Å²) in [5.41, 5.74) is 1.64. The zero-order chi connectivity index (χ0) is 24.2. The number of nitrogens with zero attached hydrogens (tertiary/aromatic N) is 6. The van der Waals surface area contributed by atoms with Crippen LogP contribution in [0.3, 0.4) is 0 Å². The molecular weight excluding hydrogens is 503 g/mol. The van der Waals surface area contributed by atoms with Crippen molar-refractivity contribution in [3.8, 4) is 11.5 Å². The molecule has 0 amide bonds. The normalized spacial score (nSPS) is 14.8. The molecule has 0 spiro atoms. The Bertz CT molecular complexity index is 1260. The minimum atomic E-state index is -0.201. The summed E-state index contributed by atoms with van der Waals surface area (Å²) in [6.45, 7) is 3.42. The smallest absolute Gasteiger partial charge is 0.173 e. The molecule has 190 valence electrons. The van der Waals surface area contributed by atoms with Crippen molar-refractivity contribution >= 4 is 29.4 Å². The summed E-state index contributed by atoms with van der Waals surface area (Å²) in [5, 5.41) is 14.8. The van der Waals surface area contributed by atoms with Crippen molar-refractivity contribution in [2.45, 2.75) is 12.6 Å². The first kappa shape index (κ1) is 25.9. The summed E-state index contributed by atoms with van der Waals surface area (Å²) in [6.07, 6.45) is 0. The molecule has 1 unspecified atom stereocenters. The van der Waals surface area contributed by atoms with Gasteiger partial charge in [-0.2, -0.15) is 0 Å². The van der Waals surface area contributed by atoms with Gasteiger partial charge in [0.15, 0.2) is 17.3 Å². The summed E-state index contributed by atoms with van der Waals surface area (Å²) in [4.78, 5) is 5.61. The fourth-order valence-corrected chi connectivity index (χ4v) is 5.23. The van der Waals surface area contributed by atoms with Crippen molar-refractivity contribution in [2.75, 3.05) is 45.3 Å². The Hall–Kier alpha value is -3.21. The highest BCUT2D eigenvalue weighted by Crippen LogP contribution is 2.35. The molecule has 1 aliphatic rings. The number of hydrogen-bond donors (Lipinski definition) is 0. The van der Waals surface area contributed by atoms with Crippen molar-refractivity contribution in [3.05, 3.63) is 82.1 Å². The number of thiophene rings is 1. The van der Waals surface area contributed by atoms with E-state index < -0.39 is 0 Å². The van der Waals surface area contributed by atoms with Crippen molar-refractivity contribution in [2.24, 2.45) is 0 Å². The van der Waals surface area contributed by atoms with Gasteiger partial charge in [0, 0.05) is 31.1 Å². The highest BCUT2D eigenvalue weighted by atomic mass is 35.5. The Morgan fingerprint density at radius 2 is 1.75 bits per heavy atom. The van der Waals surface area contributed by atoms with Crippen LogP contribution in [-0.2, 0) is 6.54 Å². The maximum Gasteiger partial charge on any atom is 0.173 e. The van der Waals surface area contributed by atoms with Gasteiger partial charge in [0.1, 0.15) is 5.82 Å². The number of methoxy groups -OCH3 is 2. The molecule has 8 nitrogen and oxygen atoms in total. The third-order valence-corrected chi connectivity index (χ3v) is 7.15. The summed E-state index contributed by atoms with van der Waals surface area (Å²) in [7, 11) is 3.25. The molecule has 0 N–H and O–H groups in total. The average Bonchev–Trinajstić information content (AvgIpc) is 3.58. The monoisotopic (exact) mass is 530 g/mol. The van der Waals surface area contributed by atoms with Crippen LogP contribution in [0, 0.1) is 5.82 Å². The predicted molar refractivity (Wildman–Crippen MR) is 140 cm³/mol. The van der Waals surface area contributed by atoms with Gasteiger partial charge in [-0.1, -0.05) is 24.3 Å². The fraction of sp³-hybridized carbons (Fsp3) is 0.320. The van der Waals surface area contributed by atoms with Crippen LogP contribution in [0.5, 0.6) is 11.5 Å². The molecule has 1 fully saturated rings. The Labute approximate surface area is 219 Å². The van der Waals surface area contributed by atoms with Gasteiger partial charge in [0.05, 0.1) is 32.5 Å². The van der Waals surface area contributed by atoms with Crippen LogP contribution in [-0.4, -0.2) is 65.5 Å². The standard InChI is InChI=1S/C25H27FN6O2S.ClH/c1-33-22-10-9-18(16-23(22)34-2)24(25-27-28-29-32(25)17-19-6-5-15-35-19)31-13-11-30(12-14-31)21-8-4-3-7-20(21)26;/h3-10,15-16,24H,11-14,17H2,1-2H3;1H. The fourth-order valence-electron chi connectivity index (χ4n) is 4.55. The quantitative estimate of drug-likeness (QED) is 0.337. The molecule has 1 saturated heterocycles. The van der Waals surface area contributed by atoms with Gasteiger partial charge >= 0.3 is 0 Å². The predicted octanol–water partition coefficient (Wildman–Crippen LogP) is 4.27. The second-order valence-corrected chi connectivity index (χ2v) is 9.30. The van der Waals surface area contributed by atoms with Gasteiger partial charge in [0.25, 0.3) is 0 Å². The molecule has 2 aromatic carbocycles. The second kappa shape index (κ2) is 11.7. The van der Waals surface area contributed by atoms with E-state index in [9.17, 15) is 4.39 Å². The number of halogens is 2. The second-order valence-electron chi connectivity index (χ2n) is 8.27. The summed E-state index contributed by atoms with van der Waals surface area (Å²) >= 11 is 1.67. The third-order valence-electron chi connectivity index (χ3n) is 6.29. The minimum absolute atomic E-state index is 0. The molecule has 11 heteroatoms. The van der Waals surface area contributed by atoms with Gasteiger partial charge in [-0.05, 0) is 51.7 Å². The van der Waals surface area contributed by atoms with Crippen LogP contribution < -0.4 is 14.4 Å². The van der Waals surface area contributed by atoms with E-state index in [1.54, 1.807) is 31.6 Å². The molecule has 3 heterocycles. The first-order valence-electron chi connectivity index (χ1n) is 11.4. The highest BCUT2D eigenvalue weighted by molar-refractivity contribution is 7.09. The van der Waals surface area contributed by atoms with Gasteiger partial charge in [-0.15, -0.1) is 28.8 Å². The number of hydrogen-bond acceptors (Lipinski definition) is 8. The topological polar surface area (TPSA) is 68.5 Å². The van der Waals surface area contributed by atoms with E-state index in [0.29, 0.717) is 36.8 Å². The van der Waals surface area contributed by atoms with Crippen LogP contribution >= 0.6 is 23.7 Å². The van der Waals surface area contributed by atoms with E-state index in [2.05, 4.69) is 31.4 Å². The molecule has 4 aromatic rings. The van der Waals surface area contributed by atoms with Crippen molar-refractivity contribution in [3.63, 3.8) is 0 Å². The first-order valence-corrected chi connectivity index (χ1v) is 12.3. The number of aromatic nitrogens is 4. The van der Waals surface area contributed by atoms with Crippen molar-refractivity contribution in [1.29, 1.82) is 0 Å². The maximum absolute atomic E-state index is 14.4. The number of rotatable bonds is 8.